The molecule has 0 amide bonds. The van der Waals surface area contributed by atoms with Crippen LogP contribution in [0.4, 0.5) is 19.0 Å². The number of rotatable bonds is 6. The molecule has 0 fully saturated rings. The average molecular weight is 438 g/mol. The van der Waals surface area contributed by atoms with Crippen molar-refractivity contribution in [1.29, 1.82) is 0 Å². The van der Waals surface area contributed by atoms with Crippen LogP contribution >= 0.6 is 11.6 Å². The van der Waals surface area contributed by atoms with Crippen LogP contribution in [0.2, 0.25) is 5.02 Å². The smallest absolute Gasteiger partial charge is 0.416 e. The van der Waals surface area contributed by atoms with E-state index in [2.05, 4.69) is 14.7 Å². The predicted molar refractivity (Wildman–Crippen MR) is 95.5 cm³/mol. The summed E-state index contributed by atoms with van der Waals surface area (Å²) in [5.41, 5.74) is -2.14. The zero-order valence-corrected chi connectivity index (χ0v) is 16.3. The van der Waals surface area contributed by atoms with Gasteiger partial charge in [0, 0.05) is 24.0 Å². The summed E-state index contributed by atoms with van der Waals surface area (Å²) < 4.78 is 70.9. The zero-order valence-electron chi connectivity index (χ0n) is 14.7. The summed E-state index contributed by atoms with van der Waals surface area (Å²) in [7, 11) is -3.34. The summed E-state index contributed by atoms with van der Waals surface area (Å²) in [5, 5.41) is -0.346. The second kappa shape index (κ2) is 8.31. The number of benzene rings is 1. The molecule has 0 radical (unpaired) electrons. The lowest BCUT2D eigenvalue weighted by atomic mass is 10.1. The summed E-state index contributed by atoms with van der Waals surface area (Å²) in [5.74, 6) is -2.34. The van der Waals surface area contributed by atoms with Crippen LogP contribution in [0.1, 0.15) is 28.5 Å². The van der Waals surface area contributed by atoms with Crippen LogP contribution in [0.25, 0.3) is 0 Å². The van der Waals surface area contributed by atoms with Crippen molar-refractivity contribution in [2.45, 2.75) is 18.9 Å². The Morgan fingerprint density at radius 1 is 1.25 bits per heavy atom. The predicted octanol–water partition coefficient (Wildman–Crippen LogP) is 3.29. The molecule has 0 aliphatic carbocycles. The standard InChI is InChI=1S/C16H15ClF3N3O4S/c1-3-23(14-13(15(24)27-2)21-7-8-22-14)28(25,26)9-10-11(16(18,19)20)5-4-6-12(10)17/h4-8H,3,9H2,1-2H3. The number of esters is 1. The molecule has 0 saturated heterocycles. The van der Waals surface area contributed by atoms with Crippen LogP contribution in [-0.4, -0.2) is 38.0 Å². The van der Waals surface area contributed by atoms with Gasteiger partial charge in [-0.15, -0.1) is 0 Å². The molecule has 7 nitrogen and oxygen atoms in total. The highest BCUT2D eigenvalue weighted by Gasteiger charge is 2.37. The third kappa shape index (κ3) is 4.53. The maximum Gasteiger partial charge on any atom is 0.416 e. The van der Waals surface area contributed by atoms with Gasteiger partial charge in [-0.3, -0.25) is 4.31 Å². The van der Waals surface area contributed by atoms with Crippen molar-refractivity contribution < 1.29 is 31.1 Å². The summed E-state index contributed by atoms with van der Waals surface area (Å²) >= 11 is 5.85. The fourth-order valence-electron chi connectivity index (χ4n) is 2.46. The maximum absolute atomic E-state index is 13.3. The number of nitrogens with zero attached hydrogens (tertiary/aromatic N) is 3. The van der Waals surface area contributed by atoms with Gasteiger partial charge in [-0.1, -0.05) is 17.7 Å². The first kappa shape index (κ1) is 21.9. The number of carbonyl (C=O) groups excluding carboxylic acids is 1. The van der Waals surface area contributed by atoms with Gasteiger partial charge < -0.3 is 4.74 Å². The Morgan fingerprint density at radius 3 is 2.46 bits per heavy atom. The number of hydrogen-bond acceptors (Lipinski definition) is 6. The number of carbonyl (C=O) groups is 1. The van der Waals surface area contributed by atoms with E-state index < -0.39 is 39.0 Å². The highest BCUT2D eigenvalue weighted by Crippen LogP contribution is 2.36. The highest BCUT2D eigenvalue weighted by atomic mass is 35.5. The van der Waals surface area contributed by atoms with Gasteiger partial charge in [0.05, 0.1) is 18.4 Å². The SMILES string of the molecule is CCN(c1nccnc1C(=O)OC)S(=O)(=O)Cc1c(Cl)cccc1C(F)(F)F. The van der Waals surface area contributed by atoms with Crippen LogP contribution in [0.5, 0.6) is 0 Å². The first-order valence-corrected chi connectivity index (χ1v) is 9.76. The quantitative estimate of drug-likeness (QED) is 0.644. The molecule has 0 atom stereocenters. The third-order valence-corrected chi connectivity index (χ3v) is 5.78. The number of ether oxygens (including phenoxy) is 1. The van der Waals surface area contributed by atoms with Gasteiger partial charge in [0.25, 0.3) is 0 Å². The maximum atomic E-state index is 13.3. The van der Waals surface area contributed by atoms with Crippen molar-refractivity contribution in [3.63, 3.8) is 0 Å². The van der Waals surface area contributed by atoms with Gasteiger partial charge in [0.15, 0.2) is 11.5 Å². The largest absolute Gasteiger partial charge is 0.464 e. The Morgan fingerprint density at radius 2 is 1.89 bits per heavy atom. The van der Waals surface area contributed by atoms with Gasteiger partial charge in [-0.25, -0.2) is 23.2 Å². The average Bonchev–Trinajstić information content (AvgIpc) is 2.62. The number of methoxy groups -OCH3 is 1. The lowest BCUT2D eigenvalue weighted by Gasteiger charge is -2.24. The van der Waals surface area contributed by atoms with Gasteiger partial charge >= 0.3 is 12.1 Å². The molecule has 0 aliphatic rings. The molecule has 1 aromatic carbocycles. The van der Waals surface area contributed by atoms with E-state index in [9.17, 15) is 26.4 Å². The minimum absolute atomic E-state index is 0.211. The Balaban J connectivity index is 2.55. The summed E-state index contributed by atoms with van der Waals surface area (Å²) in [4.78, 5) is 19.5. The van der Waals surface area contributed by atoms with E-state index in [1.165, 1.54) is 13.0 Å². The first-order valence-electron chi connectivity index (χ1n) is 7.77. The molecule has 1 heterocycles. The van der Waals surface area contributed by atoms with Crippen LogP contribution in [0.3, 0.4) is 0 Å². The molecule has 0 saturated carbocycles. The number of aromatic nitrogens is 2. The van der Waals surface area contributed by atoms with Gasteiger partial charge in [-0.2, -0.15) is 13.2 Å². The normalized spacial score (nSPS) is 11.9. The van der Waals surface area contributed by atoms with Crippen molar-refractivity contribution in [2.24, 2.45) is 0 Å². The number of sulfonamides is 1. The first-order chi connectivity index (χ1) is 13.0. The summed E-state index contributed by atoms with van der Waals surface area (Å²) in [6, 6.07) is 2.99. The third-order valence-electron chi connectivity index (χ3n) is 3.67. The molecule has 0 unspecified atom stereocenters. The lowest BCUT2D eigenvalue weighted by molar-refractivity contribution is -0.138. The molecule has 0 aliphatic heterocycles. The summed E-state index contributed by atoms with van der Waals surface area (Å²) in [6.45, 7) is 1.22. The van der Waals surface area contributed by atoms with Crippen LogP contribution in [-0.2, 0) is 26.7 Å². The van der Waals surface area contributed by atoms with Crippen molar-refractivity contribution in [3.8, 4) is 0 Å². The van der Waals surface area contributed by atoms with E-state index in [0.29, 0.717) is 4.31 Å². The molecule has 0 spiro atoms. The van der Waals surface area contributed by atoms with Crippen molar-refractivity contribution in [2.75, 3.05) is 18.0 Å². The van der Waals surface area contributed by atoms with Crippen LogP contribution in [0.15, 0.2) is 30.6 Å². The number of alkyl halides is 3. The fraction of sp³-hybridized carbons (Fsp3) is 0.312. The molecule has 2 rings (SSSR count). The van der Waals surface area contributed by atoms with Crippen molar-refractivity contribution in [3.05, 3.63) is 52.4 Å². The Labute approximate surface area is 164 Å². The van der Waals surface area contributed by atoms with Crippen molar-refractivity contribution in [1.82, 2.24) is 9.97 Å². The minimum atomic E-state index is -4.80. The second-order valence-electron chi connectivity index (χ2n) is 5.40. The minimum Gasteiger partial charge on any atom is -0.464 e. The molecule has 1 aromatic heterocycles. The second-order valence-corrected chi connectivity index (χ2v) is 7.71. The molecule has 2 aromatic rings. The fourth-order valence-corrected chi connectivity index (χ4v) is 4.41. The molecular formula is C16H15ClF3N3O4S. The molecule has 0 bridgehead atoms. The van der Waals surface area contributed by atoms with E-state index in [1.54, 1.807) is 0 Å². The molecular weight excluding hydrogens is 423 g/mol. The lowest BCUT2D eigenvalue weighted by Crippen LogP contribution is -2.35. The van der Waals surface area contributed by atoms with E-state index in [4.69, 9.17) is 11.6 Å². The van der Waals surface area contributed by atoms with Crippen molar-refractivity contribution >= 4 is 33.4 Å². The molecule has 28 heavy (non-hydrogen) atoms. The van der Waals surface area contributed by atoms with Gasteiger partial charge in [0.2, 0.25) is 10.0 Å². The Bertz CT molecular complexity index is 983. The van der Waals surface area contributed by atoms with E-state index in [1.807, 2.05) is 0 Å². The monoisotopic (exact) mass is 437 g/mol. The Kier molecular flexibility index (Phi) is 6.50. The van der Waals surface area contributed by atoms with Gasteiger partial charge in [0.1, 0.15) is 0 Å². The van der Waals surface area contributed by atoms with Crippen LogP contribution in [0, 0.1) is 0 Å². The van der Waals surface area contributed by atoms with Crippen LogP contribution < -0.4 is 4.31 Å². The highest BCUT2D eigenvalue weighted by molar-refractivity contribution is 7.92. The molecule has 0 N–H and O–H groups in total. The van der Waals surface area contributed by atoms with E-state index in [0.717, 1.165) is 31.6 Å². The topological polar surface area (TPSA) is 89.5 Å². The Hall–Kier alpha value is -2.40. The summed E-state index contributed by atoms with van der Waals surface area (Å²) in [6.07, 6.45) is -2.49. The van der Waals surface area contributed by atoms with Gasteiger partial charge in [-0.05, 0) is 24.6 Å². The van der Waals surface area contributed by atoms with E-state index >= 15 is 0 Å². The molecule has 152 valence electrons. The number of anilines is 1. The molecule has 12 heteroatoms. The van der Waals surface area contributed by atoms with E-state index in [-0.39, 0.29) is 23.1 Å². The zero-order chi connectivity index (χ0) is 21.1. The number of hydrogen-bond donors (Lipinski definition) is 0. The number of halogens is 4.